The fourth-order valence-electron chi connectivity index (χ4n) is 2.64. The van der Waals surface area contributed by atoms with E-state index in [9.17, 15) is 0 Å². The number of hydrogen-bond acceptors (Lipinski definition) is 1. The van der Waals surface area contributed by atoms with Crippen molar-refractivity contribution in [2.75, 3.05) is 7.05 Å². The summed E-state index contributed by atoms with van der Waals surface area (Å²) >= 11 is 0. The molecular formula is C18H26N2. The molecule has 2 aromatic rings. The van der Waals surface area contributed by atoms with Crippen LogP contribution in [-0.2, 0) is 6.54 Å². The molecule has 0 radical (unpaired) electrons. The fraction of sp³-hybridized carbons (Fsp3) is 0.444. The minimum atomic E-state index is 0.473. The van der Waals surface area contributed by atoms with E-state index in [1.807, 2.05) is 7.05 Å². The zero-order valence-corrected chi connectivity index (χ0v) is 13.1. The summed E-state index contributed by atoms with van der Waals surface area (Å²) in [5.41, 5.74) is 5.49. The Kier molecular flexibility index (Phi) is 5.02. The zero-order chi connectivity index (χ0) is 14.5. The van der Waals surface area contributed by atoms with Crippen molar-refractivity contribution in [3.8, 4) is 0 Å². The molecule has 20 heavy (non-hydrogen) atoms. The Morgan fingerprint density at radius 3 is 2.60 bits per heavy atom. The molecule has 1 aromatic carbocycles. The third-order valence-corrected chi connectivity index (χ3v) is 4.04. The average molecular weight is 270 g/mol. The molecule has 2 rings (SSSR count). The summed E-state index contributed by atoms with van der Waals surface area (Å²) in [7, 11) is 2.04. The molecule has 1 heterocycles. The summed E-state index contributed by atoms with van der Waals surface area (Å²) < 4.78 is 2.28. The first-order valence-corrected chi connectivity index (χ1v) is 7.53. The van der Waals surface area contributed by atoms with Crippen LogP contribution >= 0.6 is 0 Å². The van der Waals surface area contributed by atoms with Gasteiger partial charge in [0, 0.05) is 25.0 Å². The third kappa shape index (κ3) is 3.51. The normalized spacial score (nSPS) is 12.6. The number of benzene rings is 1. The molecule has 0 saturated heterocycles. The number of aromatic nitrogens is 1. The Labute approximate surface area is 122 Å². The lowest BCUT2D eigenvalue weighted by Gasteiger charge is -2.13. The van der Waals surface area contributed by atoms with Gasteiger partial charge in [-0.15, -0.1) is 0 Å². The van der Waals surface area contributed by atoms with Crippen LogP contribution in [0.3, 0.4) is 0 Å². The fourth-order valence-corrected chi connectivity index (χ4v) is 2.64. The van der Waals surface area contributed by atoms with Gasteiger partial charge in [-0.25, -0.2) is 0 Å². The number of nitrogens with zero attached hydrogens (tertiary/aromatic N) is 1. The predicted octanol–water partition coefficient (Wildman–Crippen LogP) is 4.21. The molecule has 0 aliphatic rings. The summed E-state index contributed by atoms with van der Waals surface area (Å²) in [5, 5.41) is 3.40. The molecule has 0 saturated carbocycles. The summed E-state index contributed by atoms with van der Waals surface area (Å²) in [5.74, 6) is 0. The Morgan fingerprint density at radius 1 is 1.15 bits per heavy atom. The summed E-state index contributed by atoms with van der Waals surface area (Å²) in [6.45, 7) is 7.52. The van der Waals surface area contributed by atoms with Crippen molar-refractivity contribution in [2.24, 2.45) is 0 Å². The van der Waals surface area contributed by atoms with Gasteiger partial charge in [-0.1, -0.05) is 31.5 Å². The number of nitrogens with one attached hydrogen (secondary N) is 1. The average Bonchev–Trinajstić information content (AvgIpc) is 2.88. The van der Waals surface area contributed by atoms with Crippen LogP contribution in [-0.4, -0.2) is 11.6 Å². The van der Waals surface area contributed by atoms with Gasteiger partial charge in [0.25, 0.3) is 0 Å². The second kappa shape index (κ2) is 6.76. The second-order valence-corrected chi connectivity index (χ2v) is 5.67. The first-order chi connectivity index (χ1) is 9.63. The van der Waals surface area contributed by atoms with Gasteiger partial charge in [-0.2, -0.15) is 0 Å². The van der Waals surface area contributed by atoms with Gasteiger partial charge >= 0.3 is 0 Å². The highest BCUT2D eigenvalue weighted by molar-refractivity contribution is 5.30. The maximum atomic E-state index is 3.40. The van der Waals surface area contributed by atoms with Gasteiger partial charge in [-0.3, -0.25) is 0 Å². The van der Waals surface area contributed by atoms with Crippen molar-refractivity contribution in [3.63, 3.8) is 0 Å². The van der Waals surface area contributed by atoms with Crippen LogP contribution in [0, 0.1) is 13.8 Å². The Hall–Kier alpha value is -1.54. The first kappa shape index (κ1) is 14.9. The zero-order valence-electron chi connectivity index (χ0n) is 13.1. The SMILES string of the molecule is CCCC(NC)c1ccn(Cc2ccc(C)c(C)c2)c1. The van der Waals surface area contributed by atoms with Crippen molar-refractivity contribution in [2.45, 2.75) is 46.2 Å². The maximum absolute atomic E-state index is 3.40. The van der Waals surface area contributed by atoms with Crippen molar-refractivity contribution in [1.29, 1.82) is 0 Å². The van der Waals surface area contributed by atoms with Crippen molar-refractivity contribution in [1.82, 2.24) is 9.88 Å². The summed E-state index contributed by atoms with van der Waals surface area (Å²) in [4.78, 5) is 0. The van der Waals surface area contributed by atoms with E-state index in [0.29, 0.717) is 6.04 Å². The first-order valence-electron chi connectivity index (χ1n) is 7.53. The smallest absolute Gasteiger partial charge is 0.0470 e. The van der Waals surface area contributed by atoms with E-state index in [1.165, 1.54) is 35.1 Å². The lowest BCUT2D eigenvalue weighted by atomic mass is 10.1. The van der Waals surface area contributed by atoms with Gasteiger partial charge in [0.1, 0.15) is 0 Å². The molecular weight excluding hydrogens is 244 g/mol. The van der Waals surface area contributed by atoms with Crippen molar-refractivity contribution < 1.29 is 0 Å². The molecule has 0 spiro atoms. The molecule has 0 bridgehead atoms. The molecule has 2 nitrogen and oxygen atoms in total. The highest BCUT2D eigenvalue weighted by atomic mass is 14.9. The van der Waals surface area contributed by atoms with Gasteiger partial charge in [0.2, 0.25) is 0 Å². The minimum absolute atomic E-state index is 0.473. The largest absolute Gasteiger partial charge is 0.350 e. The number of rotatable bonds is 6. The summed E-state index contributed by atoms with van der Waals surface area (Å²) in [6.07, 6.45) is 6.84. The third-order valence-electron chi connectivity index (χ3n) is 4.04. The van der Waals surface area contributed by atoms with Crippen molar-refractivity contribution >= 4 is 0 Å². The standard InChI is InChI=1S/C18H26N2/c1-5-6-18(19-4)17-9-10-20(13-17)12-16-8-7-14(2)15(3)11-16/h7-11,13,18-19H,5-6,12H2,1-4H3. The molecule has 1 atom stereocenters. The lowest BCUT2D eigenvalue weighted by molar-refractivity contribution is 0.540. The quantitative estimate of drug-likeness (QED) is 0.832. The Morgan fingerprint density at radius 2 is 1.95 bits per heavy atom. The summed E-state index contributed by atoms with van der Waals surface area (Å²) in [6, 6.07) is 9.43. The number of hydrogen-bond donors (Lipinski definition) is 1. The van der Waals surface area contributed by atoms with Crippen molar-refractivity contribution in [3.05, 3.63) is 58.9 Å². The van der Waals surface area contributed by atoms with Crippen LogP contribution in [0.1, 0.15) is 48.1 Å². The monoisotopic (exact) mass is 270 g/mol. The van der Waals surface area contributed by atoms with Gasteiger partial charge < -0.3 is 9.88 Å². The van der Waals surface area contributed by atoms with Crippen LogP contribution in [0.25, 0.3) is 0 Å². The predicted molar refractivity (Wildman–Crippen MR) is 86.2 cm³/mol. The van der Waals surface area contributed by atoms with Gasteiger partial charge in [-0.05, 0) is 55.6 Å². The Balaban J connectivity index is 2.10. The molecule has 0 aliphatic heterocycles. The minimum Gasteiger partial charge on any atom is -0.350 e. The maximum Gasteiger partial charge on any atom is 0.0470 e. The molecule has 0 aliphatic carbocycles. The molecule has 0 amide bonds. The van der Waals surface area contributed by atoms with E-state index in [0.717, 1.165) is 6.54 Å². The van der Waals surface area contributed by atoms with E-state index < -0.39 is 0 Å². The highest BCUT2D eigenvalue weighted by Crippen LogP contribution is 2.19. The number of aryl methyl sites for hydroxylation is 2. The van der Waals surface area contributed by atoms with Gasteiger partial charge in [0.05, 0.1) is 0 Å². The topological polar surface area (TPSA) is 17.0 Å². The molecule has 0 fully saturated rings. The van der Waals surface area contributed by atoms with Crippen LogP contribution < -0.4 is 5.32 Å². The van der Waals surface area contributed by atoms with Crippen LogP contribution in [0.4, 0.5) is 0 Å². The second-order valence-electron chi connectivity index (χ2n) is 5.67. The van der Waals surface area contributed by atoms with E-state index in [4.69, 9.17) is 0 Å². The molecule has 1 N–H and O–H groups in total. The van der Waals surface area contributed by atoms with E-state index >= 15 is 0 Å². The lowest BCUT2D eigenvalue weighted by Crippen LogP contribution is -2.15. The highest BCUT2D eigenvalue weighted by Gasteiger charge is 2.09. The van der Waals surface area contributed by atoms with E-state index in [2.05, 4.69) is 67.3 Å². The van der Waals surface area contributed by atoms with E-state index in [-0.39, 0.29) is 0 Å². The van der Waals surface area contributed by atoms with E-state index in [1.54, 1.807) is 0 Å². The van der Waals surface area contributed by atoms with Crippen LogP contribution in [0.5, 0.6) is 0 Å². The molecule has 2 heteroatoms. The Bertz CT molecular complexity index is 554. The molecule has 1 aromatic heterocycles. The van der Waals surface area contributed by atoms with Crippen LogP contribution in [0.15, 0.2) is 36.7 Å². The van der Waals surface area contributed by atoms with Crippen LogP contribution in [0.2, 0.25) is 0 Å². The molecule has 108 valence electrons. The van der Waals surface area contributed by atoms with Gasteiger partial charge in [0.15, 0.2) is 0 Å². The molecule has 1 unspecified atom stereocenters.